The maximum Gasteiger partial charge on any atom is 0.0547 e. The summed E-state index contributed by atoms with van der Waals surface area (Å²) in [6, 6.07) is 7.11. The van der Waals surface area contributed by atoms with Crippen molar-refractivity contribution >= 4 is 0 Å². The predicted molar refractivity (Wildman–Crippen MR) is 89.2 cm³/mol. The summed E-state index contributed by atoms with van der Waals surface area (Å²) in [5.74, 6) is 0. The van der Waals surface area contributed by atoms with Gasteiger partial charge < -0.3 is 5.32 Å². The van der Waals surface area contributed by atoms with Gasteiger partial charge in [0, 0.05) is 24.7 Å². The van der Waals surface area contributed by atoms with Crippen LogP contribution in [0, 0.1) is 0 Å². The monoisotopic (exact) mass is 289 g/mol. The maximum absolute atomic E-state index is 4.83. The Bertz CT molecular complexity index is 436. The van der Waals surface area contributed by atoms with E-state index in [2.05, 4.69) is 56.1 Å². The van der Waals surface area contributed by atoms with Gasteiger partial charge in [-0.3, -0.25) is 9.88 Å². The van der Waals surface area contributed by atoms with Gasteiger partial charge in [0.1, 0.15) is 0 Å². The van der Waals surface area contributed by atoms with Crippen LogP contribution in [0.15, 0.2) is 18.2 Å². The first-order valence-electron chi connectivity index (χ1n) is 8.38. The normalized spacial score (nSPS) is 21.2. The molecule has 0 bridgehead atoms. The minimum Gasteiger partial charge on any atom is -0.306 e. The second-order valence-electron chi connectivity index (χ2n) is 7.39. The van der Waals surface area contributed by atoms with Gasteiger partial charge in [-0.1, -0.05) is 18.9 Å². The van der Waals surface area contributed by atoms with Crippen LogP contribution < -0.4 is 5.32 Å². The summed E-state index contributed by atoms with van der Waals surface area (Å²) in [6.07, 6.45) is 5.41. The molecule has 2 rings (SSSR count). The van der Waals surface area contributed by atoms with Crippen LogP contribution in [0.3, 0.4) is 0 Å². The topological polar surface area (TPSA) is 28.2 Å². The lowest BCUT2D eigenvalue weighted by molar-refractivity contribution is 0.202. The molecular formula is C18H31N3. The molecule has 1 unspecified atom stereocenters. The fourth-order valence-corrected chi connectivity index (χ4v) is 2.85. The molecule has 1 atom stereocenters. The molecule has 21 heavy (non-hydrogen) atoms. The predicted octanol–water partition coefficient (Wildman–Crippen LogP) is 3.73. The summed E-state index contributed by atoms with van der Waals surface area (Å²) in [6.45, 7) is 12.0. The molecule has 0 aliphatic carbocycles. The van der Waals surface area contributed by atoms with Gasteiger partial charge in [0.2, 0.25) is 0 Å². The molecule has 2 heterocycles. The quantitative estimate of drug-likeness (QED) is 0.915. The van der Waals surface area contributed by atoms with Crippen LogP contribution in [0.5, 0.6) is 0 Å². The summed E-state index contributed by atoms with van der Waals surface area (Å²) in [4.78, 5) is 7.42. The van der Waals surface area contributed by atoms with Crippen LogP contribution in [-0.2, 0) is 13.1 Å². The number of pyridine rings is 1. The summed E-state index contributed by atoms with van der Waals surface area (Å²) in [7, 11) is 0. The Morgan fingerprint density at radius 1 is 1.19 bits per heavy atom. The van der Waals surface area contributed by atoms with Gasteiger partial charge in [-0.25, -0.2) is 0 Å². The maximum atomic E-state index is 4.83. The van der Waals surface area contributed by atoms with E-state index in [1.165, 1.54) is 37.9 Å². The van der Waals surface area contributed by atoms with Crippen molar-refractivity contribution in [3.63, 3.8) is 0 Å². The van der Waals surface area contributed by atoms with Gasteiger partial charge in [0.15, 0.2) is 0 Å². The van der Waals surface area contributed by atoms with E-state index in [1.807, 2.05) is 0 Å². The summed E-state index contributed by atoms with van der Waals surface area (Å²) in [5.41, 5.74) is 2.48. The van der Waals surface area contributed by atoms with E-state index in [1.54, 1.807) is 0 Å². The summed E-state index contributed by atoms with van der Waals surface area (Å²) in [5, 5.41) is 3.51. The zero-order valence-electron chi connectivity index (χ0n) is 14.2. The van der Waals surface area contributed by atoms with E-state index in [4.69, 9.17) is 4.98 Å². The highest BCUT2D eigenvalue weighted by Crippen LogP contribution is 2.18. The Morgan fingerprint density at radius 2 is 1.95 bits per heavy atom. The zero-order valence-corrected chi connectivity index (χ0v) is 14.2. The van der Waals surface area contributed by atoms with Crippen LogP contribution >= 0.6 is 0 Å². The molecule has 1 aromatic heterocycles. The highest BCUT2D eigenvalue weighted by atomic mass is 15.2. The fourth-order valence-electron chi connectivity index (χ4n) is 2.85. The lowest BCUT2D eigenvalue weighted by atomic mass is 10.1. The first kappa shape index (κ1) is 16.4. The molecule has 1 aliphatic rings. The Labute approximate surface area is 130 Å². The highest BCUT2D eigenvalue weighted by Gasteiger charge is 2.17. The third-order valence-electron chi connectivity index (χ3n) is 4.22. The first-order valence-corrected chi connectivity index (χ1v) is 8.38. The average Bonchev–Trinajstić information content (AvgIpc) is 2.62. The number of rotatable bonds is 4. The van der Waals surface area contributed by atoms with E-state index >= 15 is 0 Å². The van der Waals surface area contributed by atoms with Crippen molar-refractivity contribution in [2.75, 3.05) is 6.54 Å². The van der Waals surface area contributed by atoms with Gasteiger partial charge in [0.05, 0.1) is 11.4 Å². The number of nitrogens with zero attached hydrogens (tertiary/aromatic N) is 2. The zero-order chi connectivity index (χ0) is 15.3. The molecule has 1 aliphatic heterocycles. The van der Waals surface area contributed by atoms with E-state index in [9.17, 15) is 0 Å². The van der Waals surface area contributed by atoms with Crippen LogP contribution in [0.25, 0.3) is 0 Å². The standard InChI is InChI=1S/C18H31N3/c1-15-9-6-5-7-12-21(15)14-17-11-8-10-16(20-17)13-19-18(2,3)4/h8,10-11,15,19H,5-7,9,12-14H2,1-4H3. The molecule has 0 amide bonds. The number of hydrogen-bond donors (Lipinski definition) is 1. The second-order valence-corrected chi connectivity index (χ2v) is 7.39. The lowest BCUT2D eigenvalue weighted by Gasteiger charge is -2.26. The van der Waals surface area contributed by atoms with E-state index in [-0.39, 0.29) is 5.54 Å². The number of aromatic nitrogens is 1. The number of nitrogens with one attached hydrogen (secondary N) is 1. The van der Waals surface area contributed by atoms with Gasteiger partial charge in [-0.15, -0.1) is 0 Å². The molecule has 1 aromatic rings. The van der Waals surface area contributed by atoms with Crippen molar-refractivity contribution in [1.29, 1.82) is 0 Å². The average molecular weight is 289 g/mol. The van der Waals surface area contributed by atoms with E-state index < -0.39 is 0 Å². The molecule has 1 fully saturated rings. The molecule has 3 heteroatoms. The molecule has 1 saturated heterocycles. The van der Waals surface area contributed by atoms with Crippen molar-refractivity contribution in [1.82, 2.24) is 15.2 Å². The van der Waals surface area contributed by atoms with Gasteiger partial charge in [-0.05, 0) is 59.2 Å². The van der Waals surface area contributed by atoms with E-state index in [0.29, 0.717) is 6.04 Å². The Morgan fingerprint density at radius 3 is 2.71 bits per heavy atom. The summed E-state index contributed by atoms with van der Waals surface area (Å²) < 4.78 is 0. The number of hydrogen-bond acceptors (Lipinski definition) is 3. The van der Waals surface area contributed by atoms with Crippen LogP contribution in [0.1, 0.15) is 64.8 Å². The fraction of sp³-hybridized carbons (Fsp3) is 0.722. The SMILES string of the molecule is CC1CCCCCN1Cc1cccc(CNC(C)(C)C)n1. The molecule has 0 radical (unpaired) electrons. The lowest BCUT2D eigenvalue weighted by Crippen LogP contribution is -2.35. The Kier molecular flexibility index (Phi) is 5.77. The number of likely N-dealkylation sites (tertiary alicyclic amines) is 1. The summed E-state index contributed by atoms with van der Waals surface area (Å²) >= 11 is 0. The van der Waals surface area contributed by atoms with Crippen molar-refractivity contribution in [2.45, 2.75) is 78.0 Å². The van der Waals surface area contributed by atoms with Crippen LogP contribution in [-0.4, -0.2) is 28.0 Å². The van der Waals surface area contributed by atoms with Gasteiger partial charge in [0.25, 0.3) is 0 Å². The first-order chi connectivity index (χ1) is 9.94. The Balaban J connectivity index is 1.96. The smallest absolute Gasteiger partial charge is 0.0547 e. The molecule has 0 aromatic carbocycles. The van der Waals surface area contributed by atoms with Gasteiger partial charge in [-0.2, -0.15) is 0 Å². The molecule has 0 saturated carbocycles. The molecule has 1 N–H and O–H groups in total. The van der Waals surface area contributed by atoms with Gasteiger partial charge >= 0.3 is 0 Å². The van der Waals surface area contributed by atoms with Crippen molar-refractivity contribution in [2.24, 2.45) is 0 Å². The Hall–Kier alpha value is -0.930. The third-order valence-corrected chi connectivity index (χ3v) is 4.22. The van der Waals surface area contributed by atoms with Crippen LogP contribution in [0.4, 0.5) is 0 Å². The minimum absolute atomic E-state index is 0.136. The molecule has 118 valence electrons. The minimum atomic E-state index is 0.136. The van der Waals surface area contributed by atoms with Crippen molar-refractivity contribution < 1.29 is 0 Å². The second kappa shape index (κ2) is 7.37. The van der Waals surface area contributed by atoms with Crippen molar-refractivity contribution in [3.8, 4) is 0 Å². The highest BCUT2D eigenvalue weighted by molar-refractivity contribution is 5.11. The molecule has 3 nitrogen and oxygen atoms in total. The molecule has 0 spiro atoms. The third kappa shape index (κ3) is 5.76. The van der Waals surface area contributed by atoms with Crippen molar-refractivity contribution in [3.05, 3.63) is 29.6 Å². The van der Waals surface area contributed by atoms with E-state index in [0.717, 1.165) is 18.8 Å². The largest absolute Gasteiger partial charge is 0.306 e. The van der Waals surface area contributed by atoms with Crippen LogP contribution in [0.2, 0.25) is 0 Å². The molecular weight excluding hydrogens is 258 g/mol.